The van der Waals surface area contributed by atoms with Gasteiger partial charge in [0.1, 0.15) is 5.82 Å². The Kier molecular flexibility index (Phi) is 6.22. The smallest absolute Gasteiger partial charge is 0.181 e. The van der Waals surface area contributed by atoms with Gasteiger partial charge in [-0.05, 0) is 36.4 Å². The van der Waals surface area contributed by atoms with Gasteiger partial charge in [-0.25, -0.2) is 13.8 Å². The molecule has 0 aliphatic rings. The number of ether oxygens (including phenoxy) is 1. The zero-order chi connectivity index (χ0) is 23.7. The summed E-state index contributed by atoms with van der Waals surface area (Å²) in [4.78, 5) is 4.81. The van der Waals surface area contributed by atoms with Crippen molar-refractivity contribution in [3.63, 3.8) is 0 Å². The van der Waals surface area contributed by atoms with Crippen LogP contribution < -0.4 is 4.74 Å². The number of aromatic nitrogens is 2. The molecule has 0 radical (unpaired) electrons. The molecule has 0 amide bonds. The summed E-state index contributed by atoms with van der Waals surface area (Å²) in [5.74, 6) is -0.634. The molecule has 0 saturated heterocycles. The van der Waals surface area contributed by atoms with E-state index in [9.17, 15) is 8.78 Å². The molecule has 5 aromatic rings. The molecule has 7 heteroatoms. The Balaban J connectivity index is 1.71. The number of fused-ring (bicyclic) bond motifs is 1. The van der Waals surface area contributed by atoms with Gasteiger partial charge in [-0.2, -0.15) is 0 Å². The minimum absolute atomic E-state index is 0.0828. The molecule has 0 bridgehead atoms. The van der Waals surface area contributed by atoms with Crippen LogP contribution in [0.4, 0.5) is 8.78 Å². The van der Waals surface area contributed by atoms with Crippen LogP contribution >= 0.6 is 23.2 Å². The lowest BCUT2D eigenvalue weighted by molar-refractivity contribution is 0.222. The van der Waals surface area contributed by atoms with Gasteiger partial charge in [0.15, 0.2) is 23.5 Å². The van der Waals surface area contributed by atoms with Crippen molar-refractivity contribution in [3.8, 4) is 5.75 Å². The molecular weight excluding hydrogens is 477 g/mol. The molecule has 0 saturated carbocycles. The second-order valence-corrected chi connectivity index (χ2v) is 8.52. The van der Waals surface area contributed by atoms with Gasteiger partial charge < -0.3 is 9.30 Å². The number of para-hydroxylation sites is 3. The number of imidazole rings is 1. The third-order valence-corrected chi connectivity index (χ3v) is 6.21. The summed E-state index contributed by atoms with van der Waals surface area (Å²) in [5.41, 5.74) is 2.51. The van der Waals surface area contributed by atoms with Gasteiger partial charge in [-0.1, -0.05) is 77.8 Å². The second kappa shape index (κ2) is 9.45. The van der Waals surface area contributed by atoms with Crippen LogP contribution in [0.3, 0.4) is 0 Å². The maximum absolute atomic E-state index is 14.7. The second-order valence-electron chi connectivity index (χ2n) is 7.70. The van der Waals surface area contributed by atoms with Crippen LogP contribution in [0.25, 0.3) is 11.0 Å². The number of hydrogen-bond donors (Lipinski definition) is 0. The molecule has 1 aromatic heterocycles. The van der Waals surface area contributed by atoms with Crippen LogP contribution in [-0.4, -0.2) is 9.55 Å². The number of rotatable bonds is 6. The third kappa shape index (κ3) is 4.25. The van der Waals surface area contributed by atoms with E-state index in [1.165, 1.54) is 18.2 Å². The van der Waals surface area contributed by atoms with E-state index in [2.05, 4.69) is 0 Å². The lowest BCUT2D eigenvalue weighted by Gasteiger charge is -2.22. The molecule has 0 unspecified atom stereocenters. The molecule has 3 nitrogen and oxygen atoms in total. The summed E-state index contributed by atoms with van der Waals surface area (Å²) in [7, 11) is 0. The van der Waals surface area contributed by atoms with E-state index in [0.29, 0.717) is 21.9 Å². The summed E-state index contributed by atoms with van der Waals surface area (Å²) < 4.78 is 37.5. The summed E-state index contributed by atoms with van der Waals surface area (Å²) in [6.07, 6.45) is -0.825. The number of halogens is 4. The predicted molar refractivity (Wildman–Crippen MR) is 131 cm³/mol. The number of benzene rings is 4. The quantitative estimate of drug-likeness (QED) is 0.240. The molecule has 1 atom stereocenters. The van der Waals surface area contributed by atoms with Gasteiger partial charge in [0.05, 0.1) is 22.6 Å². The van der Waals surface area contributed by atoms with Crippen LogP contribution in [0.2, 0.25) is 10.0 Å². The molecule has 5 rings (SSSR count). The van der Waals surface area contributed by atoms with Gasteiger partial charge in [0, 0.05) is 16.1 Å². The first-order valence-electron chi connectivity index (χ1n) is 10.6. The largest absolute Gasteiger partial charge is 0.473 e. The standard InChI is InChI=1S/C27H18Cl2F2N2O/c28-19-10-6-12-21(30)18(19)16-33-24-15-5-4-14-23(24)32-27(33)25(17-8-2-1-3-9-17)34-26-20(29)11-7-13-22(26)31/h1-15,25H,16H2/t25-/m1/s1. The summed E-state index contributed by atoms with van der Waals surface area (Å²) in [6.45, 7) is 0.110. The molecule has 0 spiro atoms. The molecule has 0 aliphatic carbocycles. The Labute approximate surface area is 205 Å². The van der Waals surface area contributed by atoms with E-state index in [0.717, 1.165) is 11.1 Å². The maximum atomic E-state index is 14.7. The predicted octanol–water partition coefficient (Wildman–Crippen LogP) is 7.84. The minimum atomic E-state index is -0.825. The molecule has 4 aromatic carbocycles. The van der Waals surface area contributed by atoms with Crippen LogP contribution in [-0.2, 0) is 6.54 Å². The zero-order valence-corrected chi connectivity index (χ0v) is 19.3. The normalized spacial score (nSPS) is 12.1. The van der Waals surface area contributed by atoms with Crippen molar-refractivity contribution in [2.24, 2.45) is 0 Å². The van der Waals surface area contributed by atoms with Crippen LogP contribution in [0.15, 0.2) is 91.0 Å². The van der Waals surface area contributed by atoms with E-state index >= 15 is 0 Å². The molecular formula is C27H18Cl2F2N2O. The molecule has 0 N–H and O–H groups in total. The average Bonchev–Trinajstić information content (AvgIpc) is 3.20. The van der Waals surface area contributed by atoms with E-state index in [1.807, 2.05) is 59.2 Å². The van der Waals surface area contributed by atoms with E-state index in [1.54, 1.807) is 18.2 Å². The van der Waals surface area contributed by atoms with Crippen molar-refractivity contribution in [3.05, 3.63) is 130 Å². The third-order valence-electron chi connectivity index (χ3n) is 5.55. The first-order valence-corrected chi connectivity index (χ1v) is 11.3. The van der Waals surface area contributed by atoms with Gasteiger partial charge >= 0.3 is 0 Å². The van der Waals surface area contributed by atoms with Crippen molar-refractivity contribution in [2.75, 3.05) is 0 Å². The van der Waals surface area contributed by atoms with Crippen molar-refractivity contribution >= 4 is 34.2 Å². The highest BCUT2D eigenvalue weighted by atomic mass is 35.5. The molecule has 1 heterocycles. The zero-order valence-electron chi connectivity index (χ0n) is 17.8. The summed E-state index contributed by atoms with van der Waals surface area (Å²) in [6, 6.07) is 25.7. The van der Waals surface area contributed by atoms with Gasteiger partial charge in [-0.3, -0.25) is 0 Å². The molecule has 170 valence electrons. The Bertz CT molecular complexity index is 1430. The van der Waals surface area contributed by atoms with Crippen molar-refractivity contribution < 1.29 is 13.5 Å². The van der Waals surface area contributed by atoms with E-state index in [-0.39, 0.29) is 17.3 Å². The average molecular weight is 495 g/mol. The molecule has 0 fully saturated rings. The fourth-order valence-electron chi connectivity index (χ4n) is 3.91. The lowest BCUT2D eigenvalue weighted by atomic mass is 10.1. The van der Waals surface area contributed by atoms with Crippen LogP contribution in [0.1, 0.15) is 23.1 Å². The van der Waals surface area contributed by atoms with Crippen molar-refractivity contribution in [1.29, 1.82) is 0 Å². The van der Waals surface area contributed by atoms with Gasteiger partial charge in [-0.15, -0.1) is 0 Å². The fourth-order valence-corrected chi connectivity index (χ4v) is 4.34. The first-order chi connectivity index (χ1) is 16.5. The summed E-state index contributed by atoms with van der Waals surface area (Å²) >= 11 is 12.6. The van der Waals surface area contributed by atoms with E-state index < -0.39 is 17.7 Å². The Morgan fingerprint density at radius 1 is 0.765 bits per heavy atom. The highest BCUT2D eigenvalue weighted by Gasteiger charge is 2.27. The molecule has 0 aliphatic heterocycles. The highest BCUT2D eigenvalue weighted by molar-refractivity contribution is 6.32. The SMILES string of the molecule is Fc1cccc(Cl)c1Cn1c([C@H](Oc2c(F)cccc2Cl)c2ccccc2)nc2ccccc21. The highest BCUT2D eigenvalue weighted by Crippen LogP contribution is 2.36. The van der Waals surface area contributed by atoms with Gasteiger partial charge in [0.2, 0.25) is 0 Å². The monoisotopic (exact) mass is 494 g/mol. The maximum Gasteiger partial charge on any atom is 0.181 e. The summed E-state index contributed by atoms with van der Waals surface area (Å²) in [5, 5.41) is 0.443. The molecule has 34 heavy (non-hydrogen) atoms. The van der Waals surface area contributed by atoms with Crippen molar-refractivity contribution in [2.45, 2.75) is 12.6 Å². The van der Waals surface area contributed by atoms with Crippen LogP contribution in [0, 0.1) is 11.6 Å². The van der Waals surface area contributed by atoms with Gasteiger partial charge in [0.25, 0.3) is 0 Å². The minimum Gasteiger partial charge on any atom is -0.473 e. The first kappa shape index (κ1) is 22.4. The lowest BCUT2D eigenvalue weighted by Crippen LogP contribution is -2.18. The van der Waals surface area contributed by atoms with Crippen molar-refractivity contribution in [1.82, 2.24) is 9.55 Å². The Morgan fingerprint density at radius 2 is 1.44 bits per heavy atom. The number of nitrogens with zero attached hydrogens (tertiary/aromatic N) is 2. The Hall–Kier alpha value is -3.41. The topological polar surface area (TPSA) is 27.1 Å². The number of hydrogen-bond acceptors (Lipinski definition) is 2. The van der Waals surface area contributed by atoms with E-state index in [4.69, 9.17) is 32.9 Å². The fraction of sp³-hybridized carbons (Fsp3) is 0.0741. The Morgan fingerprint density at radius 3 is 2.18 bits per heavy atom. The van der Waals surface area contributed by atoms with Crippen LogP contribution in [0.5, 0.6) is 5.75 Å².